The van der Waals surface area contributed by atoms with Crippen molar-refractivity contribution in [2.24, 2.45) is 5.92 Å². The Kier molecular flexibility index (Phi) is 3.65. The van der Waals surface area contributed by atoms with Crippen LogP contribution in [0.1, 0.15) is 37.7 Å². The van der Waals surface area contributed by atoms with Crippen molar-refractivity contribution in [3.8, 4) is 0 Å². The molecule has 2 unspecified atom stereocenters. The average molecular weight is 261 g/mol. The van der Waals surface area contributed by atoms with E-state index in [1.54, 1.807) is 12.1 Å². The van der Waals surface area contributed by atoms with Gasteiger partial charge in [-0.15, -0.1) is 0 Å². The fourth-order valence-corrected chi connectivity index (χ4v) is 3.48. The van der Waals surface area contributed by atoms with Crippen LogP contribution >= 0.6 is 0 Å². The molecule has 0 aromatic heterocycles. The number of carbonyl (C=O) groups is 1. The molecule has 2 fully saturated rings. The summed E-state index contributed by atoms with van der Waals surface area (Å²) in [5, 5.41) is 3.55. The molecule has 1 N–H and O–H groups in total. The molecule has 0 radical (unpaired) electrons. The number of ketones is 1. The van der Waals surface area contributed by atoms with Crippen molar-refractivity contribution in [3.05, 3.63) is 35.6 Å². The van der Waals surface area contributed by atoms with Crippen LogP contribution in [0.25, 0.3) is 0 Å². The standard InChI is InChI=1S/C16H20FNO/c17-15-4-2-1-3-11(15)5-8-16(19)12-9-13-6-7-14(10-12)18-13/h1-4,12-14,18H,5-10H2. The van der Waals surface area contributed by atoms with Gasteiger partial charge in [0.25, 0.3) is 0 Å². The molecule has 2 heterocycles. The number of hydrogen-bond acceptors (Lipinski definition) is 2. The van der Waals surface area contributed by atoms with Crippen molar-refractivity contribution in [2.45, 2.75) is 50.6 Å². The predicted octanol–water partition coefficient (Wildman–Crippen LogP) is 2.86. The first-order valence-corrected chi connectivity index (χ1v) is 7.24. The summed E-state index contributed by atoms with van der Waals surface area (Å²) >= 11 is 0. The molecular weight excluding hydrogens is 241 g/mol. The first kappa shape index (κ1) is 12.8. The second-order valence-corrected chi connectivity index (χ2v) is 5.86. The maximum absolute atomic E-state index is 13.5. The highest BCUT2D eigenvalue weighted by molar-refractivity contribution is 5.81. The fraction of sp³-hybridized carbons (Fsp3) is 0.562. The van der Waals surface area contributed by atoms with E-state index in [1.165, 1.54) is 18.9 Å². The maximum Gasteiger partial charge on any atom is 0.136 e. The van der Waals surface area contributed by atoms with Crippen LogP contribution in [0.2, 0.25) is 0 Å². The molecule has 3 rings (SSSR count). The van der Waals surface area contributed by atoms with Crippen LogP contribution in [-0.4, -0.2) is 17.9 Å². The smallest absolute Gasteiger partial charge is 0.136 e. The SMILES string of the molecule is O=C(CCc1ccccc1F)C1CC2CCC(C1)N2. The minimum Gasteiger partial charge on any atom is -0.311 e. The quantitative estimate of drug-likeness (QED) is 0.903. The van der Waals surface area contributed by atoms with Crippen molar-refractivity contribution >= 4 is 5.78 Å². The zero-order chi connectivity index (χ0) is 13.2. The average Bonchev–Trinajstić information content (AvgIpc) is 2.76. The van der Waals surface area contributed by atoms with Crippen LogP contribution in [0, 0.1) is 11.7 Å². The number of nitrogens with one attached hydrogen (secondary N) is 1. The number of hydrogen-bond donors (Lipinski definition) is 1. The number of aryl methyl sites for hydroxylation is 1. The van der Waals surface area contributed by atoms with Gasteiger partial charge in [0.05, 0.1) is 0 Å². The summed E-state index contributed by atoms with van der Waals surface area (Å²) in [6, 6.07) is 7.83. The van der Waals surface area contributed by atoms with Crippen molar-refractivity contribution < 1.29 is 9.18 Å². The van der Waals surface area contributed by atoms with Gasteiger partial charge in [0.2, 0.25) is 0 Å². The summed E-state index contributed by atoms with van der Waals surface area (Å²) in [6.07, 6.45) is 5.39. The Morgan fingerprint density at radius 2 is 1.89 bits per heavy atom. The Morgan fingerprint density at radius 3 is 2.58 bits per heavy atom. The van der Waals surface area contributed by atoms with Gasteiger partial charge in [0, 0.05) is 24.4 Å². The van der Waals surface area contributed by atoms with Crippen molar-refractivity contribution in [1.82, 2.24) is 5.32 Å². The molecule has 1 aromatic carbocycles. The van der Waals surface area contributed by atoms with E-state index in [2.05, 4.69) is 5.32 Å². The number of benzene rings is 1. The molecule has 19 heavy (non-hydrogen) atoms. The highest BCUT2D eigenvalue weighted by Crippen LogP contribution is 2.32. The molecule has 2 saturated heterocycles. The van der Waals surface area contributed by atoms with Crippen molar-refractivity contribution in [2.75, 3.05) is 0 Å². The van der Waals surface area contributed by atoms with Crippen molar-refractivity contribution in [1.29, 1.82) is 0 Å². The summed E-state index contributed by atoms with van der Waals surface area (Å²) in [7, 11) is 0. The molecule has 3 heteroatoms. The monoisotopic (exact) mass is 261 g/mol. The number of fused-ring (bicyclic) bond motifs is 2. The predicted molar refractivity (Wildman–Crippen MR) is 72.4 cm³/mol. The van der Waals surface area contributed by atoms with Gasteiger partial charge in [-0.1, -0.05) is 18.2 Å². The van der Waals surface area contributed by atoms with Crippen LogP contribution in [0.15, 0.2) is 24.3 Å². The molecular formula is C16H20FNO. The first-order valence-electron chi connectivity index (χ1n) is 7.24. The van der Waals surface area contributed by atoms with E-state index >= 15 is 0 Å². The Balaban J connectivity index is 1.56. The lowest BCUT2D eigenvalue weighted by Crippen LogP contribution is -2.40. The Labute approximate surface area is 113 Å². The van der Waals surface area contributed by atoms with Gasteiger partial charge in [-0.2, -0.15) is 0 Å². The second kappa shape index (κ2) is 5.41. The van der Waals surface area contributed by atoms with Crippen LogP contribution in [0.3, 0.4) is 0 Å². The van der Waals surface area contributed by atoms with Crippen LogP contribution in [-0.2, 0) is 11.2 Å². The second-order valence-electron chi connectivity index (χ2n) is 5.86. The lowest BCUT2D eigenvalue weighted by molar-refractivity contribution is -0.124. The van der Waals surface area contributed by atoms with E-state index < -0.39 is 0 Å². The van der Waals surface area contributed by atoms with E-state index in [1.807, 2.05) is 6.07 Å². The lowest BCUT2D eigenvalue weighted by Gasteiger charge is -2.28. The molecule has 0 amide bonds. The number of Topliss-reactive ketones (excluding diaryl/α,β-unsaturated/α-hetero) is 1. The highest BCUT2D eigenvalue weighted by atomic mass is 19.1. The van der Waals surface area contributed by atoms with E-state index in [4.69, 9.17) is 0 Å². The lowest BCUT2D eigenvalue weighted by atomic mass is 9.86. The van der Waals surface area contributed by atoms with Gasteiger partial charge in [0.15, 0.2) is 0 Å². The largest absolute Gasteiger partial charge is 0.311 e. The Bertz CT molecular complexity index is 462. The zero-order valence-electron chi connectivity index (χ0n) is 11.1. The summed E-state index contributed by atoms with van der Waals surface area (Å²) < 4.78 is 13.5. The summed E-state index contributed by atoms with van der Waals surface area (Å²) in [5.41, 5.74) is 0.660. The molecule has 0 saturated carbocycles. The molecule has 2 aliphatic heterocycles. The first-order chi connectivity index (χ1) is 9.22. The number of piperidine rings is 1. The van der Waals surface area contributed by atoms with Gasteiger partial charge < -0.3 is 5.32 Å². The van der Waals surface area contributed by atoms with Gasteiger partial charge in [-0.25, -0.2) is 4.39 Å². The van der Waals surface area contributed by atoms with E-state index in [9.17, 15) is 9.18 Å². The summed E-state index contributed by atoms with van der Waals surface area (Å²) in [5.74, 6) is 0.327. The Hall–Kier alpha value is -1.22. The Morgan fingerprint density at radius 1 is 1.21 bits per heavy atom. The summed E-state index contributed by atoms with van der Waals surface area (Å²) in [4.78, 5) is 12.3. The minimum atomic E-state index is -0.194. The normalized spacial score (nSPS) is 29.4. The summed E-state index contributed by atoms with van der Waals surface area (Å²) in [6.45, 7) is 0. The molecule has 2 atom stereocenters. The minimum absolute atomic E-state index is 0.194. The molecule has 0 aliphatic carbocycles. The van der Waals surface area contributed by atoms with E-state index in [-0.39, 0.29) is 11.7 Å². The fourth-order valence-electron chi connectivity index (χ4n) is 3.48. The number of halogens is 1. The molecule has 102 valence electrons. The van der Waals surface area contributed by atoms with Crippen molar-refractivity contribution in [3.63, 3.8) is 0 Å². The van der Waals surface area contributed by atoms with Crippen LogP contribution in [0.5, 0.6) is 0 Å². The molecule has 2 bridgehead atoms. The molecule has 1 aromatic rings. The zero-order valence-corrected chi connectivity index (χ0v) is 11.1. The highest BCUT2D eigenvalue weighted by Gasteiger charge is 2.36. The van der Waals surface area contributed by atoms with Gasteiger partial charge in [-0.3, -0.25) is 4.79 Å². The molecule has 0 spiro atoms. The van der Waals surface area contributed by atoms with Gasteiger partial charge in [-0.05, 0) is 43.7 Å². The third-order valence-electron chi connectivity index (χ3n) is 4.53. The van der Waals surface area contributed by atoms with E-state index in [0.717, 1.165) is 12.8 Å². The number of rotatable bonds is 4. The van der Waals surface area contributed by atoms with Gasteiger partial charge in [0.1, 0.15) is 11.6 Å². The third-order valence-corrected chi connectivity index (χ3v) is 4.53. The molecule has 2 nitrogen and oxygen atoms in total. The van der Waals surface area contributed by atoms with Crippen LogP contribution < -0.4 is 5.32 Å². The van der Waals surface area contributed by atoms with Crippen LogP contribution in [0.4, 0.5) is 4.39 Å². The van der Waals surface area contributed by atoms with E-state index in [0.29, 0.717) is 36.3 Å². The maximum atomic E-state index is 13.5. The third kappa shape index (κ3) is 2.86. The number of carbonyl (C=O) groups excluding carboxylic acids is 1. The molecule has 2 aliphatic rings. The van der Waals surface area contributed by atoms with Gasteiger partial charge >= 0.3 is 0 Å². The topological polar surface area (TPSA) is 29.1 Å².